The van der Waals surface area contributed by atoms with Gasteiger partial charge in [-0.05, 0) is 42.4 Å². The van der Waals surface area contributed by atoms with E-state index in [0.717, 1.165) is 6.20 Å². The second kappa shape index (κ2) is 9.27. The molecule has 35 heavy (non-hydrogen) atoms. The Bertz CT molecular complexity index is 1360. The van der Waals surface area contributed by atoms with Crippen molar-refractivity contribution in [1.29, 1.82) is 0 Å². The van der Waals surface area contributed by atoms with Gasteiger partial charge in [-0.15, -0.1) is 6.58 Å². The predicted octanol–water partition coefficient (Wildman–Crippen LogP) is 5.77. The molecule has 8 nitrogen and oxygen atoms in total. The number of fused-ring (bicyclic) bond motifs is 1. The summed E-state index contributed by atoms with van der Waals surface area (Å²) < 4.78 is 22.2. The first-order chi connectivity index (χ1) is 16.5. The number of anilines is 1. The Morgan fingerprint density at radius 3 is 2.51 bits per heavy atom. The van der Waals surface area contributed by atoms with Crippen molar-refractivity contribution in [3.8, 4) is 22.8 Å². The van der Waals surface area contributed by atoms with Crippen LogP contribution in [0.15, 0.2) is 55.5 Å². The highest BCUT2D eigenvalue weighted by atomic mass is 28.4. The summed E-state index contributed by atoms with van der Waals surface area (Å²) in [6.45, 7) is 15.0. The minimum Gasteiger partial charge on any atom is -0.396 e. The molecule has 0 aliphatic heterocycles. The molecule has 4 rings (SSSR count). The smallest absolute Gasteiger partial charge is 0.231 e. The van der Waals surface area contributed by atoms with Crippen molar-refractivity contribution in [1.82, 2.24) is 29.5 Å². The van der Waals surface area contributed by atoms with Gasteiger partial charge in [0.05, 0.1) is 23.7 Å². The standard InChI is InChI=1S/C25H30FN7OSi/c1-7-9-21(34-35(5,6)25(2,3)4)33-23(16-10-8-13-28-22(16)27)32-18-12-11-17(31-24(18)33)19-14-30-20(26)15-29-19/h7-8,10-15,21H,1,9H2,2-6H3,(H2,27,28). The Labute approximate surface area is 205 Å². The minimum absolute atomic E-state index is 0.0153. The second-order valence-electron chi connectivity index (χ2n) is 9.86. The van der Waals surface area contributed by atoms with Crippen molar-refractivity contribution in [2.24, 2.45) is 0 Å². The monoisotopic (exact) mass is 491 g/mol. The molecule has 0 bridgehead atoms. The maximum absolute atomic E-state index is 13.3. The number of hydrogen-bond acceptors (Lipinski definition) is 7. The fourth-order valence-corrected chi connectivity index (χ4v) is 4.73. The summed E-state index contributed by atoms with van der Waals surface area (Å²) in [7, 11) is -2.21. The zero-order chi connectivity index (χ0) is 25.4. The third-order valence-corrected chi connectivity index (χ3v) is 10.9. The van der Waals surface area contributed by atoms with E-state index in [-0.39, 0.29) is 5.04 Å². The summed E-state index contributed by atoms with van der Waals surface area (Å²) >= 11 is 0. The molecular formula is C25H30FN7OSi. The Morgan fingerprint density at radius 1 is 1.11 bits per heavy atom. The van der Waals surface area contributed by atoms with E-state index in [1.807, 2.05) is 28.8 Å². The van der Waals surface area contributed by atoms with Gasteiger partial charge >= 0.3 is 0 Å². The molecule has 0 fully saturated rings. The Kier molecular flexibility index (Phi) is 6.52. The first-order valence-electron chi connectivity index (χ1n) is 11.4. The van der Waals surface area contributed by atoms with Gasteiger partial charge in [0.25, 0.3) is 0 Å². The van der Waals surface area contributed by atoms with Crippen LogP contribution in [0.2, 0.25) is 18.1 Å². The predicted molar refractivity (Wildman–Crippen MR) is 138 cm³/mol. The van der Waals surface area contributed by atoms with Gasteiger partial charge in [-0.2, -0.15) is 4.39 Å². The lowest BCUT2D eigenvalue weighted by Gasteiger charge is -2.39. The van der Waals surface area contributed by atoms with E-state index < -0.39 is 20.5 Å². The molecule has 0 saturated carbocycles. The topological polar surface area (TPSA) is 105 Å². The van der Waals surface area contributed by atoms with Gasteiger partial charge in [-0.1, -0.05) is 26.8 Å². The van der Waals surface area contributed by atoms with Crippen LogP contribution in [0, 0.1) is 5.95 Å². The Hall–Kier alpha value is -3.50. The second-order valence-corrected chi connectivity index (χ2v) is 14.6. The molecule has 1 unspecified atom stereocenters. The van der Waals surface area contributed by atoms with E-state index in [0.29, 0.717) is 46.2 Å². The lowest BCUT2D eigenvalue weighted by Crippen LogP contribution is -2.43. The molecule has 0 aromatic carbocycles. The molecule has 2 N–H and O–H groups in total. The first kappa shape index (κ1) is 24.6. The average molecular weight is 492 g/mol. The Balaban J connectivity index is 1.97. The van der Waals surface area contributed by atoms with E-state index in [2.05, 4.69) is 55.4 Å². The number of halogens is 1. The Morgan fingerprint density at radius 2 is 1.89 bits per heavy atom. The number of nitrogen functional groups attached to an aromatic ring is 1. The van der Waals surface area contributed by atoms with Crippen LogP contribution in [0.25, 0.3) is 33.9 Å². The van der Waals surface area contributed by atoms with Crippen LogP contribution in [-0.2, 0) is 4.43 Å². The maximum Gasteiger partial charge on any atom is 0.231 e. The summed E-state index contributed by atoms with van der Waals surface area (Å²) in [4.78, 5) is 21.8. The van der Waals surface area contributed by atoms with Gasteiger partial charge < -0.3 is 10.2 Å². The zero-order valence-electron chi connectivity index (χ0n) is 20.7. The number of nitrogens with zero attached hydrogens (tertiary/aromatic N) is 6. The van der Waals surface area contributed by atoms with Gasteiger partial charge in [0.2, 0.25) is 5.95 Å². The molecule has 4 heterocycles. The normalized spacial score (nSPS) is 13.2. The van der Waals surface area contributed by atoms with E-state index >= 15 is 0 Å². The van der Waals surface area contributed by atoms with E-state index in [1.54, 1.807) is 12.3 Å². The van der Waals surface area contributed by atoms with Crippen molar-refractivity contribution in [2.75, 3.05) is 5.73 Å². The lowest BCUT2D eigenvalue weighted by molar-refractivity contribution is 0.122. The summed E-state index contributed by atoms with van der Waals surface area (Å²) in [5.74, 6) is 0.312. The van der Waals surface area contributed by atoms with Gasteiger partial charge in [-0.3, -0.25) is 4.57 Å². The third kappa shape index (κ3) is 4.84. The molecule has 0 aliphatic carbocycles. The molecule has 0 aliphatic rings. The van der Waals surface area contributed by atoms with Crippen LogP contribution >= 0.6 is 0 Å². The third-order valence-electron chi connectivity index (χ3n) is 6.39. The molecule has 0 saturated heterocycles. The van der Waals surface area contributed by atoms with E-state index in [1.165, 1.54) is 6.20 Å². The van der Waals surface area contributed by atoms with E-state index in [4.69, 9.17) is 20.1 Å². The average Bonchev–Trinajstić information content (AvgIpc) is 3.17. The molecular weight excluding hydrogens is 461 g/mol. The lowest BCUT2D eigenvalue weighted by atomic mass is 10.2. The molecule has 0 amide bonds. The summed E-state index contributed by atoms with van der Waals surface area (Å²) in [6.07, 6.45) is 6.01. The fourth-order valence-electron chi connectivity index (χ4n) is 3.50. The first-order valence-corrected chi connectivity index (χ1v) is 14.3. The largest absolute Gasteiger partial charge is 0.396 e. The summed E-state index contributed by atoms with van der Waals surface area (Å²) in [5, 5.41) is -0.0153. The number of hydrogen-bond donors (Lipinski definition) is 1. The summed E-state index contributed by atoms with van der Waals surface area (Å²) in [5.41, 5.74) is 9.19. The molecule has 0 radical (unpaired) electrons. The number of aromatic nitrogens is 6. The van der Waals surface area contributed by atoms with Crippen LogP contribution in [0.3, 0.4) is 0 Å². The van der Waals surface area contributed by atoms with Gasteiger partial charge in [0, 0.05) is 12.6 Å². The molecule has 0 spiro atoms. The van der Waals surface area contributed by atoms with Gasteiger partial charge in [0.15, 0.2) is 14.0 Å². The van der Waals surface area contributed by atoms with Crippen molar-refractivity contribution < 1.29 is 8.82 Å². The van der Waals surface area contributed by atoms with Gasteiger partial charge in [0.1, 0.15) is 29.1 Å². The highest BCUT2D eigenvalue weighted by Gasteiger charge is 2.40. The maximum atomic E-state index is 13.3. The molecule has 182 valence electrons. The number of nitrogens with two attached hydrogens (primary N) is 1. The van der Waals surface area contributed by atoms with E-state index in [9.17, 15) is 4.39 Å². The van der Waals surface area contributed by atoms with Crippen molar-refractivity contribution in [2.45, 2.75) is 51.6 Å². The molecule has 1 atom stereocenters. The summed E-state index contributed by atoms with van der Waals surface area (Å²) in [6, 6.07) is 7.34. The number of pyridine rings is 2. The highest BCUT2D eigenvalue weighted by molar-refractivity contribution is 6.74. The van der Waals surface area contributed by atoms with Crippen LogP contribution in [0.1, 0.15) is 33.4 Å². The van der Waals surface area contributed by atoms with Crippen LogP contribution in [0.5, 0.6) is 0 Å². The fraction of sp³-hybridized carbons (Fsp3) is 0.320. The van der Waals surface area contributed by atoms with Crippen LogP contribution < -0.4 is 5.73 Å². The molecule has 4 aromatic rings. The van der Waals surface area contributed by atoms with Crippen molar-refractivity contribution in [3.63, 3.8) is 0 Å². The number of imidazole rings is 1. The van der Waals surface area contributed by atoms with Gasteiger partial charge in [-0.25, -0.2) is 24.9 Å². The molecule has 4 aromatic heterocycles. The van der Waals surface area contributed by atoms with Crippen LogP contribution in [-0.4, -0.2) is 37.8 Å². The number of rotatable bonds is 7. The zero-order valence-corrected chi connectivity index (χ0v) is 21.7. The van der Waals surface area contributed by atoms with Crippen LogP contribution in [0.4, 0.5) is 10.2 Å². The highest BCUT2D eigenvalue weighted by Crippen LogP contribution is 2.41. The minimum atomic E-state index is -2.21. The molecule has 10 heteroatoms. The quantitative estimate of drug-likeness (QED) is 0.258. The SMILES string of the molecule is C=CCC(O[Si](C)(C)C(C)(C)C)n1c(-c2cccnc2N)nc2ccc(-c3cnc(F)cn3)nc21. The van der Waals surface area contributed by atoms with Crippen molar-refractivity contribution >= 4 is 25.3 Å². The van der Waals surface area contributed by atoms with Crippen molar-refractivity contribution in [3.05, 3.63) is 61.5 Å².